The van der Waals surface area contributed by atoms with Gasteiger partial charge in [0.15, 0.2) is 0 Å². The van der Waals surface area contributed by atoms with Gasteiger partial charge in [-0.3, -0.25) is 5.01 Å². The SMILES string of the molecule is NC(=O)NN(Cc1ccccc1)c1ccccc1. The number of nitrogens with one attached hydrogen (secondary N) is 1. The first-order valence-electron chi connectivity index (χ1n) is 5.68. The molecule has 0 radical (unpaired) electrons. The Morgan fingerprint density at radius 2 is 1.56 bits per heavy atom. The number of amides is 2. The number of rotatable bonds is 4. The summed E-state index contributed by atoms with van der Waals surface area (Å²) in [5.74, 6) is 0. The Bertz CT molecular complexity index is 499. The number of primary amides is 1. The van der Waals surface area contributed by atoms with Crippen LogP contribution >= 0.6 is 0 Å². The van der Waals surface area contributed by atoms with E-state index in [4.69, 9.17) is 5.73 Å². The number of para-hydroxylation sites is 1. The maximum atomic E-state index is 11.0. The van der Waals surface area contributed by atoms with Crippen LogP contribution in [0.25, 0.3) is 0 Å². The summed E-state index contributed by atoms with van der Waals surface area (Å²) in [6.07, 6.45) is 0. The largest absolute Gasteiger partial charge is 0.350 e. The maximum absolute atomic E-state index is 11.0. The molecule has 2 aromatic rings. The first kappa shape index (κ1) is 12.0. The number of nitrogens with zero attached hydrogens (tertiary/aromatic N) is 1. The van der Waals surface area contributed by atoms with Crippen molar-refractivity contribution in [3.63, 3.8) is 0 Å². The highest BCUT2D eigenvalue weighted by Crippen LogP contribution is 2.14. The molecule has 0 saturated carbocycles. The summed E-state index contributed by atoms with van der Waals surface area (Å²) in [7, 11) is 0. The molecule has 0 atom stereocenters. The Labute approximate surface area is 106 Å². The number of urea groups is 1. The molecule has 18 heavy (non-hydrogen) atoms. The van der Waals surface area contributed by atoms with Crippen molar-refractivity contribution in [2.45, 2.75) is 6.54 Å². The molecule has 4 heteroatoms. The van der Waals surface area contributed by atoms with Gasteiger partial charge < -0.3 is 5.73 Å². The van der Waals surface area contributed by atoms with Crippen molar-refractivity contribution in [2.75, 3.05) is 5.01 Å². The smallest absolute Gasteiger partial charge is 0.330 e. The van der Waals surface area contributed by atoms with E-state index in [-0.39, 0.29) is 0 Å². The van der Waals surface area contributed by atoms with Crippen LogP contribution < -0.4 is 16.2 Å². The number of carbonyl (C=O) groups is 1. The molecule has 0 aliphatic carbocycles. The number of hydrogen-bond donors (Lipinski definition) is 2. The van der Waals surface area contributed by atoms with Gasteiger partial charge in [0, 0.05) is 0 Å². The average Bonchev–Trinajstić information content (AvgIpc) is 2.40. The molecule has 0 saturated heterocycles. The fourth-order valence-corrected chi connectivity index (χ4v) is 1.70. The average molecular weight is 241 g/mol. The molecule has 4 nitrogen and oxygen atoms in total. The Morgan fingerprint density at radius 3 is 2.11 bits per heavy atom. The van der Waals surface area contributed by atoms with E-state index in [2.05, 4.69) is 5.43 Å². The molecule has 2 amide bonds. The fraction of sp³-hybridized carbons (Fsp3) is 0.0714. The third kappa shape index (κ3) is 3.25. The van der Waals surface area contributed by atoms with Crippen molar-refractivity contribution in [1.82, 2.24) is 5.43 Å². The molecule has 0 fully saturated rings. The first-order chi connectivity index (χ1) is 8.75. The van der Waals surface area contributed by atoms with Crippen LogP contribution in [0.5, 0.6) is 0 Å². The fourth-order valence-electron chi connectivity index (χ4n) is 1.70. The molecule has 2 aromatic carbocycles. The number of nitrogens with two attached hydrogens (primary N) is 1. The molecule has 0 bridgehead atoms. The summed E-state index contributed by atoms with van der Waals surface area (Å²) in [4.78, 5) is 11.0. The summed E-state index contributed by atoms with van der Waals surface area (Å²) in [6.45, 7) is 0.563. The Morgan fingerprint density at radius 1 is 1.00 bits per heavy atom. The summed E-state index contributed by atoms with van der Waals surface area (Å²) in [5, 5.41) is 1.72. The van der Waals surface area contributed by atoms with E-state index >= 15 is 0 Å². The second kappa shape index (κ2) is 5.72. The van der Waals surface area contributed by atoms with E-state index < -0.39 is 6.03 Å². The molecule has 0 aliphatic heterocycles. The van der Waals surface area contributed by atoms with Crippen LogP contribution in [0.15, 0.2) is 60.7 Å². The highest BCUT2D eigenvalue weighted by Gasteiger charge is 2.08. The minimum Gasteiger partial charge on any atom is -0.350 e. The highest BCUT2D eigenvalue weighted by atomic mass is 16.2. The van der Waals surface area contributed by atoms with Crippen LogP contribution in [0.4, 0.5) is 10.5 Å². The molecule has 0 aromatic heterocycles. The van der Waals surface area contributed by atoms with Crippen molar-refractivity contribution in [3.8, 4) is 0 Å². The number of hydrazine groups is 1. The maximum Gasteiger partial charge on any atom is 0.330 e. The van der Waals surface area contributed by atoms with Crippen LogP contribution in [0.2, 0.25) is 0 Å². The minimum atomic E-state index is -0.574. The van der Waals surface area contributed by atoms with Crippen LogP contribution in [0.3, 0.4) is 0 Å². The van der Waals surface area contributed by atoms with Crippen molar-refractivity contribution in [1.29, 1.82) is 0 Å². The number of anilines is 1. The van der Waals surface area contributed by atoms with Crippen molar-refractivity contribution >= 4 is 11.7 Å². The molecular weight excluding hydrogens is 226 g/mol. The zero-order valence-corrected chi connectivity index (χ0v) is 9.91. The van der Waals surface area contributed by atoms with Gasteiger partial charge in [-0.05, 0) is 17.7 Å². The van der Waals surface area contributed by atoms with Crippen LogP contribution in [-0.4, -0.2) is 6.03 Å². The van der Waals surface area contributed by atoms with Crippen LogP contribution in [0.1, 0.15) is 5.56 Å². The van der Waals surface area contributed by atoms with E-state index in [9.17, 15) is 4.79 Å². The van der Waals surface area contributed by atoms with E-state index in [1.165, 1.54) is 0 Å². The summed E-state index contributed by atoms with van der Waals surface area (Å²) >= 11 is 0. The number of hydrogen-bond acceptors (Lipinski definition) is 2. The highest BCUT2D eigenvalue weighted by molar-refractivity contribution is 5.74. The Kier molecular flexibility index (Phi) is 3.81. The van der Waals surface area contributed by atoms with Gasteiger partial charge >= 0.3 is 6.03 Å². The topological polar surface area (TPSA) is 58.4 Å². The van der Waals surface area contributed by atoms with Gasteiger partial charge in [-0.1, -0.05) is 48.5 Å². The molecule has 0 heterocycles. The van der Waals surface area contributed by atoms with Gasteiger partial charge in [-0.15, -0.1) is 0 Å². The predicted octanol–water partition coefficient (Wildman–Crippen LogP) is 2.28. The van der Waals surface area contributed by atoms with Gasteiger partial charge in [0.05, 0.1) is 12.2 Å². The second-order valence-corrected chi connectivity index (χ2v) is 3.88. The van der Waals surface area contributed by atoms with Crippen LogP contribution in [-0.2, 0) is 6.54 Å². The Balaban J connectivity index is 2.18. The zero-order valence-electron chi connectivity index (χ0n) is 9.91. The number of benzene rings is 2. The van der Waals surface area contributed by atoms with Gasteiger partial charge in [0.2, 0.25) is 0 Å². The van der Waals surface area contributed by atoms with E-state index in [0.29, 0.717) is 6.54 Å². The lowest BCUT2D eigenvalue weighted by Crippen LogP contribution is -2.44. The molecule has 92 valence electrons. The van der Waals surface area contributed by atoms with Gasteiger partial charge in [-0.2, -0.15) is 0 Å². The summed E-state index contributed by atoms with van der Waals surface area (Å²) < 4.78 is 0. The van der Waals surface area contributed by atoms with Crippen molar-refractivity contribution in [2.24, 2.45) is 5.73 Å². The van der Waals surface area contributed by atoms with Gasteiger partial charge in [-0.25, -0.2) is 10.2 Å². The molecule has 2 rings (SSSR count). The minimum absolute atomic E-state index is 0.563. The lowest BCUT2D eigenvalue weighted by atomic mass is 10.2. The monoisotopic (exact) mass is 241 g/mol. The van der Waals surface area contributed by atoms with E-state index in [1.54, 1.807) is 5.01 Å². The van der Waals surface area contributed by atoms with E-state index in [1.807, 2.05) is 60.7 Å². The quantitative estimate of drug-likeness (QED) is 0.807. The molecule has 0 aliphatic rings. The second-order valence-electron chi connectivity index (χ2n) is 3.88. The predicted molar refractivity (Wildman–Crippen MR) is 71.8 cm³/mol. The molecule has 0 spiro atoms. The molecule has 0 unspecified atom stereocenters. The van der Waals surface area contributed by atoms with Crippen molar-refractivity contribution in [3.05, 3.63) is 66.2 Å². The third-order valence-corrected chi connectivity index (χ3v) is 2.50. The standard InChI is InChI=1S/C14H15N3O/c15-14(18)16-17(13-9-5-2-6-10-13)11-12-7-3-1-4-8-12/h1-10H,11H2,(H3,15,16,18). The van der Waals surface area contributed by atoms with Gasteiger partial charge in [0.1, 0.15) is 0 Å². The first-order valence-corrected chi connectivity index (χ1v) is 5.68. The molecule has 3 N–H and O–H groups in total. The van der Waals surface area contributed by atoms with Crippen LogP contribution in [0, 0.1) is 0 Å². The normalized spacial score (nSPS) is 9.78. The van der Waals surface area contributed by atoms with Gasteiger partial charge in [0.25, 0.3) is 0 Å². The lowest BCUT2D eigenvalue weighted by molar-refractivity contribution is 0.248. The lowest BCUT2D eigenvalue weighted by Gasteiger charge is -2.24. The molecular formula is C14H15N3O. The van der Waals surface area contributed by atoms with Crippen molar-refractivity contribution < 1.29 is 4.79 Å². The zero-order chi connectivity index (χ0) is 12.8. The summed E-state index contributed by atoms with van der Waals surface area (Å²) in [6, 6.07) is 18.9. The summed E-state index contributed by atoms with van der Waals surface area (Å²) in [5.41, 5.74) is 9.79. The third-order valence-electron chi connectivity index (χ3n) is 2.50. The van der Waals surface area contributed by atoms with E-state index in [0.717, 1.165) is 11.3 Å². The Hall–Kier alpha value is -2.49. The number of carbonyl (C=O) groups excluding carboxylic acids is 1.